The summed E-state index contributed by atoms with van der Waals surface area (Å²) in [7, 11) is 0. The van der Waals surface area contributed by atoms with Gasteiger partial charge in [0.15, 0.2) is 5.65 Å². The Balaban J connectivity index is 1.65. The molecular weight excluding hydrogens is 386 g/mol. The number of piperidine rings is 1. The number of nitrogens with zero attached hydrogens (tertiary/aromatic N) is 4. The maximum absolute atomic E-state index is 13.2. The highest BCUT2D eigenvalue weighted by molar-refractivity contribution is 7.13. The van der Waals surface area contributed by atoms with Crippen LogP contribution in [-0.2, 0) is 4.79 Å². The van der Waals surface area contributed by atoms with Crippen LogP contribution in [0.2, 0.25) is 0 Å². The Hall–Kier alpha value is -2.74. The van der Waals surface area contributed by atoms with E-state index in [0.29, 0.717) is 18.7 Å². The Bertz CT molecular complexity index is 1030. The Morgan fingerprint density at radius 1 is 1.28 bits per heavy atom. The monoisotopic (exact) mass is 411 g/mol. The van der Waals surface area contributed by atoms with Gasteiger partial charge in [0.25, 0.3) is 5.91 Å². The molecule has 1 aliphatic heterocycles. The number of pyridine rings is 1. The summed E-state index contributed by atoms with van der Waals surface area (Å²) in [6.45, 7) is 7.05. The molecule has 0 aliphatic carbocycles. The highest BCUT2D eigenvalue weighted by Crippen LogP contribution is 2.29. The van der Waals surface area contributed by atoms with Gasteiger partial charge in [0.2, 0.25) is 5.91 Å². The van der Waals surface area contributed by atoms with E-state index in [0.717, 1.165) is 34.4 Å². The number of amides is 2. The largest absolute Gasteiger partial charge is 0.349 e. The molecule has 1 fully saturated rings. The fourth-order valence-corrected chi connectivity index (χ4v) is 4.42. The lowest BCUT2D eigenvalue weighted by atomic mass is 10.0. The normalized spacial score (nSPS) is 15.2. The third kappa shape index (κ3) is 3.89. The molecule has 0 unspecified atom stereocenters. The molecule has 1 aliphatic rings. The molecular formula is C21H25N5O2S. The minimum Gasteiger partial charge on any atom is -0.349 e. The lowest BCUT2D eigenvalue weighted by Crippen LogP contribution is -2.46. The zero-order chi connectivity index (χ0) is 20.5. The van der Waals surface area contributed by atoms with Gasteiger partial charge < -0.3 is 10.2 Å². The van der Waals surface area contributed by atoms with Gasteiger partial charge in [0.1, 0.15) is 0 Å². The lowest BCUT2D eigenvalue weighted by Gasteiger charge is -2.31. The van der Waals surface area contributed by atoms with Crippen LogP contribution in [0.4, 0.5) is 0 Å². The first-order chi connectivity index (χ1) is 13.9. The SMILES string of the molecule is CC(=O)N1CCC(NC(=O)c2cc(-c3cccs3)nc3c2cnn3C(C)C)CC1. The Labute approximate surface area is 173 Å². The van der Waals surface area contributed by atoms with Crippen LogP contribution in [0.15, 0.2) is 29.8 Å². The average Bonchev–Trinajstić information content (AvgIpc) is 3.37. The summed E-state index contributed by atoms with van der Waals surface area (Å²) < 4.78 is 1.86. The second-order valence-corrected chi connectivity index (χ2v) is 8.65. The summed E-state index contributed by atoms with van der Waals surface area (Å²) in [5.41, 5.74) is 2.10. The van der Waals surface area contributed by atoms with E-state index < -0.39 is 0 Å². The number of nitrogens with one attached hydrogen (secondary N) is 1. The van der Waals surface area contributed by atoms with Crippen molar-refractivity contribution in [3.63, 3.8) is 0 Å². The smallest absolute Gasteiger partial charge is 0.252 e. The molecule has 0 radical (unpaired) electrons. The summed E-state index contributed by atoms with van der Waals surface area (Å²) in [6, 6.07) is 6.06. The van der Waals surface area contributed by atoms with Gasteiger partial charge in [-0.15, -0.1) is 11.3 Å². The summed E-state index contributed by atoms with van der Waals surface area (Å²) in [4.78, 5) is 32.4. The molecule has 1 N–H and O–H groups in total. The van der Waals surface area contributed by atoms with Crippen molar-refractivity contribution < 1.29 is 9.59 Å². The summed E-state index contributed by atoms with van der Waals surface area (Å²) in [5, 5.41) is 10.4. The van der Waals surface area contributed by atoms with E-state index in [1.165, 1.54) is 0 Å². The van der Waals surface area contributed by atoms with Crippen molar-refractivity contribution in [1.82, 2.24) is 25.0 Å². The maximum atomic E-state index is 13.2. The molecule has 0 saturated carbocycles. The summed E-state index contributed by atoms with van der Waals surface area (Å²) >= 11 is 1.60. The van der Waals surface area contributed by atoms with Crippen LogP contribution in [0, 0.1) is 0 Å². The molecule has 3 aromatic heterocycles. The molecule has 0 aromatic carbocycles. The van der Waals surface area contributed by atoms with Crippen molar-refractivity contribution in [2.75, 3.05) is 13.1 Å². The van der Waals surface area contributed by atoms with Crippen molar-refractivity contribution in [3.05, 3.63) is 35.3 Å². The molecule has 0 bridgehead atoms. The molecule has 4 rings (SSSR count). The van der Waals surface area contributed by atoms with Crippen LogP contribution in [0.3, 0.4) is 0 Å². The number of fused-ring (bicyclic) bond motifs is 1. The highest BCUT2D eigenvalue weighted by Gasteiger charge is 2.24. The minimum atomic E-state index is -0.111. The Morgan fingerprint density at radius 3 is 2.66 bits per heavy atom. The molecule has 8 heteroatoms. The molecule has 152 valence electrons. The number of rotatable bonds is 4. The van der Waals surface area contributed by atoms with Gasteiger partial charge in [0.05, 0.1) is 27.7 Å². The zero-order valence-electron chi connectivity index (χ0n) is 16.9. The van der Waals surface area contributed by atoms with E-state index in [1.807, 2.05) is 33.2 Å². The molecule has 2 amide bonds. The van der Waals surface area contributed by atoms with Crippen molar-refractivity contribution in [2.24, 2.45) is 0 Å². The second kappa shape index (κ2) is 7.94. The van der Waals surface area contributed by atoms with Crippen LogP contribution in [0.1, 0.15) is 50.0 Å². The van der Waals surface area contributed by atoms with Gasteiger partial charge in [-0.05, 0) is 44.2 Å². The van der Waals surface area contributed by atoms with Crippen LogP contribution < -0.4 is 5.32 Å². The fraction of sp³-hybridized carbons (Fsp3) is 0.429. The maximum Gasteiger partial charge on any atom is 0.252 e. The Kier molecular flexibility index (Phi) is 5.36. The van der Waals surface area contributed by atoms with E-state index in [4.69, 9.17) is 4.98 Å². The number of likely N-dealkylation sites (tertiary alicyclic amines) is 1. The van der Waals surface area contributed by atoms with E-state index in [-0.39, 0.29) is 23.9 Å². The Morgan fingerprint density at radius 2 is 2.03 bits per heavy atom. The van der Waals surface area contributed by atoms with Crippen LogP contribution in [0.25, 0.3) is 21.6 Å². The quantitative estimate of drug-likeness (QED) is 0.713. The van der Waals surface area contributed by atoms with Crippen LogP contribution in [-0.4, -0.2) is 50.6 Å². The van der Waals surface area contributed by atoms with Crippen molar-refractivity contribution >= 4 is 34.2 Å². The van der Waals surface area contributed by atoms with Gasteiger partial charge in [0, 0.05) is 32.1 Å². The summed E-state index contributed by atoms with van der Waals surface area (Å²) in [6.07, 6.45) is 3.26. The van der Waals surface area contributed by atoms with E-state index in [2.05, 4.69) is 24.3 Å². The molecule has 0 atom stereocenters. The predicted octanol–water partition coefficient (Wildman–Crippen LogP) is 3.48. The van der Waals surface area contributed by atoms with Crippen molar-refractivity contribution in [2.45, 2.75) is 45.7 Å². The number of aromatic nitrogens is 3. The van der Waals surface area contributed by atoms with E-state index in [9.17, 15) is 9.59 Å². The van der Waals surface area contributed by atoms with Gasteiger partial charge >= 0.3 is 0 Å². The minimum absolute atomic E-state index is 0.0617. The third-order valence-electron chi connectivity index (χ3n) is 5.35. The van der Waals surface area contributed by atoms with E-state index >= 15 is 0 Å². The number of carbonyl (C=O) groups excluding carboxylic acids is 2. The standard InChI is InChI=1S/C21H25N5O2S/c1-13(2)26-20-17(12-22-26)16(11-18(24-20)19-5-4-10-29-19)21(28)23-15-6-8-25(9-7-15)14(3)27/h4-5,10-13,15H,6-9H2,1-3H3,(H,23,28). The number of hydrogen-bond acceptors (Lipinski definition) is 5. The van der Waals surface area contributed by atoms with Gasteiger partial charge in [-0.1, -0.05) is 6.07 Å². The lowest BCUT2D eigenvalue weighted by molar-refractivity contribution is -0.129. The first kappa shape index (κ1) is 19.6. The van der Waals surface area contributed by atoms with Crippen molar-refractivity contribution in [1.29, 1.82) is 0 Å². The summed E-state index contributed by atoms with van der Waals surface area (Å²) in [5.74, 6) is -0.0212. The molecule has 7 nitrogen and oxygen atoms in total. The van der Waals surface area contributed by atoms with Gasteiger partial charge in [-0.25, -0.2) is 9.67 Å². The fourth-order valence-electron chi connectivity index (χ4n) is 3.74. The molecule has 3 aromatic rings. The van der Waals surface area contributed by atoms with Crippen LogP contribution in [0.5, 0.6) is 0 Å². The van der Waals surface area contributed by atoms with Gasteiger partial charge in [-0.3, -0.25) is 9.59 Å². The number of carbonyl (C=O) groups is 2. The third-order valence-corrected chi connectivity index (χ3v) is 6.24. The van der Waals surface area contributed by atoms with Gasteiger partial charge in [-0.2, -0.15) is 5.10 Å². The zero-order valence-corrected chi connectivity index (χ0v) is 17.7. The predicted molar refractivity (Wildman–Crippen MR) is 114 cm³/mol. The average molecular weight is 412 g/mol. The molecule has 1 saturated heterocycles. The molecule has 4 heterocycles. The highest BCUT2D eigenvalue weighted by atomic mass is 32.1. The molecule has 29 heavy (non-hydrogen) atoms. The van der Waals surface area contributed by atoms with Crippen molar-refractivity contribution in [3.8, 4) is 10.6 Å². The van der Waals surface area contributed by atoms with E-state index in [1.54, 1.807) is 24.5 Å². The number of thiophene rings is 1. The molecule has 0 spiro atoms. The number of hydrogen-bond donors (Lipinski definition) is 1. The topological polar surface area (TPSA) is 80.1 Å². The first-order valence-electron chi connectivity index (χ1n) is 9.92. The second-order valence-electron chi connectivity index (χ2n) is 7.71. The first-order valence-corrected chi connectivity index (χ1v) is 10.8. The van der Waals surface area contributed by atoms with Crippen LogP contribution >= 0.6 is 11.3 Å².